The lowest BCUT2D eigenvalue weighted by Gasteiger charge is -2.40. The van der Waals surface area contributed by atoms with Crippen LogP contribution in [-0.4, -0.2) is 31.2 Å². The number of carbonyl (C=O) groups excluding carboxylic acids is 1. The van der Waals surface area contributed by atoms with Crippen LogP contribution in [0.4, 0.5) is 0 Å². The summed E-state index contributed by atoms with van der Waals surface area (Å²) in [4.78, 5) is 11.5. The number of amides is 1. The van der Waals surface area contributed by atoms with Crippen molar-refractivity contribution in [3.8, 4) is 0 Å². The van der Waals surface area contributed by atoms with E-state index in [0.717, 1.165) is 12.8 Å². The van der Waals surface area contributed by atoms with Gasteiger partial charge < -0.3 is 15.8 Å². The van der Waals surface area contributed by atoms with E-state index >= 15 is 0 Å². The first-order chi connectivity index (χ1) is 7.13. The quantitative estimate of drug-likeness (QED) is 0.633. The van der Waals surface area contributed by atoms with Crippen molar-refractivity contribution in [2.24, 2.45) is 5.73 Å². The fourth-order valence-electron chi connectivity index (χ4n) is 1.69. The molecule has 1 fully saturated rings. The van der Waals surface area contributed by atoms with Crippen LogP contribution in [-0.2, 0) is 9.53 Å². The van der Waals surface area contributed by atoms with Crippen LogP contribution in [0, 0.1) is 0 Å². The number of hydrogen-bond donors (Lipinski definition) is 2. The third-order valence-electron chi connectivity index (χ3n) is 3.04. The van der Waals surface area contributed by atoms with Crippen molar-refractivity contribution < 1.29 is 9.53 Å². The summed E-state index contributed by atoms with van der Waals surface area (Å²) >= 11 is 0. The lowest BCUT2D eigenvalue weighted by Crippen LogP contribution is -2.52. The number of hydrogen-bond acceptors (Lipinski definition) is 3. The van der Waals surface area contributed by atoms with Gasteiger partial charge in [0.15, 0.2) is 0 Å². The molecule has 1 aliphatic carbocycles. The Bertz CT molecular complexity index is 231. The summed E-state index contributed by atoms with van der Waals surface area (Å²) in [5.74, 6) is -0.127. The molecular formula is C11H20N2O2. The molecule has 0 aromatic heterocycles. The highest BCUT2D eigenvalue weighted by Gasteiger charge is 2.37. The predicted octanol–water partition coefficient (Wildman–Crippen LogP) is 0.575. The zero-order valence-electron chi connectivity index (χ0n) is 9.29. The maximum absolute atomic E-state index is 11.5. The third-order valence-corrected chi connectivity index (χ3v) is 3.04. The fourth-order valence-corrected chi connectivity index (χ4v) is 1.69. The van der Waals surface area contributed by atoms with Crippen LogP contribution in [0.2, 0.25) is 0 Å². The maximum Gasteiger partial charge on any atom is 0.237 e. The zero-order chi connectivity index (χ0) is 11.3. The SMILES string of the molecule is C=CCC(N)C(=O)NCC1(OC)CCC1. The van der Waals surface area contributed by atoms with Crippen LogP contribution in [0.25, 0.3) is 0 Å². The molecule has 0 bridgehead atoms. The molecule has 0 aromatic rings. The van der Waals surface area contributed by atoms with Crippen molar-refractivity contribution in [1.29, 1.82) is 0 Å². The Morgan fingerprint density at radius 3 is 2.80 bits per heavy atom. The summed E-state index contributed by atoms with van der Waals surface area (Å²) in [6.45, 7) is 4.11. The lowest BCUT2D eigenvalue weighted by molar-refractivity contribution is -0.126. The molecule has 15 heavy (non-hydrogen) atoms. The minimum atomic E-state index is -0.489. The Labute approximate surface area is 90.9 Å². The molecule has 0 radical (unpaired) electrons. The highest BCUT2D eigenvalue weighted by Crippen LogP contribution is 2.34. The molecule has 4 nitrogen and oxygen atoms in total. The van der Waals surface area contributed by atoms with Crippen molar-refractivity contribution >= 4 is 5.91 Å². The summed E-state index contributed by atoms with van der Waals surface area (Å²) in [6.07, 6.45) is 5.36. The predicted molar refractivity (Wildman–Crippen MR) is 59.4 cm³/mol. The normalized spacial score (nSPS) is 20.1. The van der Waals surface area contributed by atoms with Gasteiger partial charge in [-0.15, -0.1) is 6.58 Å². The topological polar surface area (TPSA) is 64.4 Å². The Morgan fingerprint density at radius 2 is 2.40 bits per heavy atom. The van der Waals surface area contributed by atoms with Gasteiger partial charge in [0.25, 0.3) is 0 Å². The van der Waals surface area contributed by atoms with Crippen molar-refractivity contribution in [3.63, 3.8) is 0 Å². The minimum Gasteiger partial charge on any atom is -0.376 e. The van der Waals surface area contributed by atoms with Gasteiger partial charge in [-0.05, 0) is 25.7 Å². The van der Waals surface area contributed by atoms with Gasteiger partial charge in [-0.3, -0.25) is 4.79 Å². The second kappa shape index (κ2) is 5.28. The van der Waals surface area contributed by atoms with E-state index in [-0.39, 0.29) is 11.5 Å². The van der Waals surface area contributed by atoms with Crippen LogP contribution >= 0.6 is 0 Å². The lowest BCUT2D eigenvalue weighted by atomic mass is 9.80. The molecule has 0 heterocycles. The van der Waals surface area contributed by atoms with Crippen LogP contribution in [0.3, 0.4) is 0 Å². The van der Waals surface area contributed by atoms with Crippen molar-refractivity contribution in [1.82, 2.24) is 5.32 Å². The van der Waals surface area contributed by atoms with E-state index in [4.69, 9.17) is 10.5 Å². The standard InChI is InChI=1S/C11H20N2O2/c1-3-5-9(12)10(14)13-8-11(15-2)6-4-7-11/h3,9H,1,4-8,12H2,2H3,(H,13,14). The Kier molecular flexibility index (Phi) is 4.29. The molecule has 0 saturated heterocycles. The van der Waals surface area contributed by atoms with Gasteiger partial charge in [0.05, 0.1) is 11.6 Å². The molecule has 1 unspecified atom stereocenters. The van der Waals surface area contributed by atoms with E-state index in [0.29, 0.717) is 13.0 Å². The monoisotopic (exact) mass is 212 g/mol. The molecule has 1 saturated carbocycles. The number of nitrogens with two attached hydrogens (primary N) is 1. The van der Waals surface area contributed by atoms with Crippen LogP contribution in [0.5, 0.6) is 0 Å². The van der Waals surface area contributed by atoms with E-state index in [9.17, 15) is 4.79 Å². The highest BCUT2D eigenvalue weighted by atomic mass is 16.5. The summed E-state index contributed by atoms with van der Waals surface area (Å²) in [5.41, 5.74) is 5.50. The molecule has 1 amide bonds. The number of rotatable bonds is 6. The number of carbonyl (C=O) groups is 1. The second-order valence-electron chi connectivity index (χ2n) is 4.09. The molecule has 0 aliphatic heterocycles. The van der Waals surface area contributed by atoms with E-state index in [1.807, 2.05) is 0 Å². The van der Waals surface area contributed by atoms with Crippen LogP contribution in [0.1, 0.15) is 25.7 Å². The Hall–Kier alpha value is -0.870. The third kappa shape index (κ3) is 3.04. The van der Waals surface area contributed by atoms with Gasteiger partial charge in [0.1, 0.15) is 0 Å². The van der Waals surface area contributed by atoms with Gasteiger partial charge in [0.2, 0.25) is 5.91 Å². The van der Waals surface area contributed by atoms with E-state index in [2.05, 4.69) is 11.9 Å². The van der Waals surface area contributed by atoms with Gasteiger partial charge in [0, 0.05) is 13.7 Å². The molecule has 1 aliphatic rings. The Balaban J connectivity index is 2.29. The molecule has 4 heteroatoms. The van der Waals surface area contributed by atoms with Gasteiger partial charge in [-0.2, -0.15) is 0 Å². The van der Waals surface area contributed by atoms with Crippen LogP contribution < -0.4 is 11.1 Å². The fraction of sp³-hybridized carbons (Fsp3) is 0.727. The molecule has 1 atom stereocenters. The largest absolute Gasteiger partial charge is 0.376 e. The Morgan fingerprint density at radius 1 is 1.73 bits per heavy atom. The van der Waals surface area contributed by atoms with Crippen molar-refractivity contribution in [2.75, 3.05) is 13.7 Å². The molecule has 0 aromatic carbocycles. The second-order valence-corrected chi connectivity index (χ2v) is 4.09. The number of nitrogens with one attached hydrogen (secondary N) is 1. The van der Waals surface area contributed by atoms with Gasteiger partial charge in [-0.25, -0.2) is 0 Å². The number of methoxy groups -OCH3 is 1. The van der Waals surface area contributed by atoms with E-state index in [1.54, 1.807) is 13.2 Å². The molecular weight excluding hydrogens is 192 g/mol. The average molecular weight is 212 g/mol. The number of ether oxygens (including phenoxy) is 1. The van der Waals surface area contributed by atoms with E-state index < -0.39 is 6.04 Å². The van der Waals surface area contributed by atoms with Crippen molar-refractivity contribution in [3.05, 3.63) is 12.7 Å². The zero-order valence-corrected chi connectivity index (χ0v) is 9.29. The molecule has 1 rings (SSSR count). The summed E-state index contributed by atoms with van der Waals surface area (Å²) in [5, 5.41) is 2.82. The summed E-state index contributed by atoms with van der Waals surface area (Å²) in [7, 11) is 1.69. The van der Waals surface area contributed by atoms with Crippen molar-refractivity contribution in [2.45, 2.75) is 37.3 Å². The van der Waals surface area contributed by atoms with Gasteiger partial charge >= 0.3 is 0 Å². The first kappa shape index (κ1) is 12.2. The summed E-state index contributed by atoms with van der Waals surface area (Å²) in [6, 6.07) is -0.489. The molecule has 86 valence electrons. The first-order valence-corrected chi connectivity index (χ1v) is 5.33. The van der Waals surface area contributed by atoms with Gasteiger partial charge in [-0.1, -0.05) is 6.08 Å². The van der Waals surface area contributed by atoms with E-state index in [1.165, 1.54) is 6.42 Å². The first-order valence-electron chi connectivity index (χ1n) is 5.33. The average Bonchev–Trinajstić information content (AvgIpc) is 2.17. The molecule has 0 spiro atoms. The smallest absolute Gasteiger partial charge is 0.237 e. The summed E-state index contributed by atoms with van der Waals surface area (Å²) < 4.78 is 5.39. The minimum absolute atomic E-state index is 0.127. The van der Waals surface area contributed by atoms with Crippen LogP contribution in [0.15, 0.2) is 12.7 Å². The maximum atomic E-state index is 11.5. The molecule has 3 N–H and O–H groups in total. The highest BCUT2D eigenvalue weighted by molar-refractivity contribution is 5.81.